The molecule has 0 saturated heterocycles. The van der Waals surface area contributed by atoms with Gasteiger partial charge in [-0.05, 0) is 31.7 Å². The number of benzene rings is 1. The van der Waals surface area contributed by atoms with Crippen LogP contribution in [0.2, 0.25) is 0 Å². The van der Waals surface area contributed by atoms with E-state index in [0.717, 1.165) is 23.5 Å². The lowest BCUT2D eigenvalue weighted by atomic mass is 10.1. The molecule has 1 aromatic rings. The average Bonchev–Trinajstić information content (AvgIpc) is 2.52. The molecule has 21 heavy (non-hydrogen) atoms. The Morgan fingerprint density at radius 1 is 1.24 bits per heavy atom. The highest BCUT2D eigenvalue weighted by Gasteiger charge is 2.18. The maximum absolute atomic E-state index is 12.2. The smallest absolute Gasteiger partial charge is 0.123 e. The first-order valence-corrected chi connectivity index (χ1v) is 8.38. The third-order valence-electron chi connectivity index (χ3n) is 3.23. The zero-order valence-corrected chi connectivity index (χ0v) is 14.0. The molecule has 0 fully saturated rings. The van der Waals surface area contributed by atoms with Gasteiger partial charge in [0.2, 0.25) is 0 Å². The van der Waals surface area contributed by atoms with E-state index in [1.54, 1.807) is 21.3 Å². The van der Waals surface area contributed by atoms with Crippen LogP contribution in [-0.4, -0.2) is 50.7 Å². The molecule has 1 aromatic carbocycles. The molecule has 2 atom stereocenters. The van der Waals surface area contributed by atoms with Crippen LogP contribution in [0.15, 0.2) is 18.2 Å². The lowest BCUT2D eigenvalue weighted by molar-refractivity contribution is 0.200. The fourth-order valence-electron chi connectivity index (χ4n) is 2.07. The van der Waals surface area contributed by atoms with Gasteiger partial charge in [-0.2, -0.15) is 0 Å². The minimum Gasteiger partial charge on any atom is -0.497 e. The molecule has 0 bridgehead atoms. The zero-order valence-electron chi connectivity index (χ0n) is 13.2. The summed E-state index contributed by atoms with van der Waals surface area (Å²) >= 11 is 0. The molecule has 5 nitrogen and oxygen atoms in total. The summed E-state index contributed by atoms with van der Waals surface area (Å²) in [4.78, 5) is 0. The largest absolute Gasteiger partial charge is 0.497 e. The molecule has 120 valence electrons. The van der Waals surface area contributed by atoms with Crippen LogP contribution in [0.25, 0.3) is 0 Å². The number of methoxy groups -OCH3 is 3. The van der Waals surface area contributed by atoms with E-state index in [1.807, 2.05) is 25.2 Å². The zero-order chi connectivity index (χ0) is 15.7. The highest BCUT2D eigenvalue weighted by molar-refractivity contribution is 7.85. The quantitative estimate of drug-likeness (QED) is 0.667. The predicted octanol–water partition coefficient (Wildman–Crippen LogP) is 1.75. The molecule has 0 aliphatic heterocycles. The van der Waals surface area contributed by atoms with Crippen LogP contribution in [0.5, 0.6) is 11.5 Å². The van der Waals surface area contributed by atoms with Crippen LogP contribution in [0.3, 0.4) is 0 Å². The van der Waals surface area contributed by atoms with Crippen molar-refractivity contribution in [1.29, 1.82) is 0 Å². The monoisotopic (exact) mass is 315 g/mol. The molecule has 2 unspecified atom stereocenters. The Morgan fingerprint density at radius 2 is 2.00 bits per heavy atom. The molecule has 6 heteroatoms. The first kappa shape index (κ1) is 17.9. The van der Waals surface area contributed by atoms with E-state index in [1.165, 1.54) is 0 Å². The SMILES string of the molecule is CNC(CS(=O)CCCOC)c1cc(OC)ccc1OC. The minimum absolute atomic E-state index is 0.0431. The van der Waals surface area contributed by atoms with E-state index in [-0.39, 0.29) is 6.04 Å². The number of hydrogen-bond acceptors (Lipinski definition) is 5. The van der Waals surface area contributed by atoms with Gasteiger partial charge in [0.15, 0.2) is 0 Å². The summed E-state index contributed by atoms with van der Waals surface area (Å²) in [5.41, 5.74) is 0.958. The second-order valence-electron chi connectivity index (χ2n) is 4.61. The molecule has 1 N–H and O–H groups in total. The van der Waals surface area contributed by atoms with Gasteiger partial charge in [-0.3, -0.25) is 4.21 Å². The Morgan fingerprint density at radius 3 is 2.57 bits per heavy atom. The second kappa shape index (κ2) is 9.76. The van der Waals surface area contributed by atoms with Gasteiger partial charge >= 0.3 is 0 Å². The summed E-state index contributed by atoms with van der Waals surface area (Å²) in [7, 11) is 5.86. The first-order chi connectivity index (χ1) is 10.2. The summed E-state index contributed by atoms with van der Waals surface area (Å²) in [6.07, 6.45) is 0.800. The van der Waals surface area contributed by atoms with Crippen LogP contribution in [0.1, 0.15) is 18.0 Å². The predicted molar refractivity (Wildman–Crippen MR) is 85.7 cm³/mol. The van der Waals surface area contributed by atoms with Gasteiger partial charge in [0, 0.05) is 47.6 Å². The molecule has 0 spiro atoms. The van der Waals surface area contributed by atoms with Crippen LogP contribution in [-0.2, 0) is 15.5 Å². The number of hydrogen-bond donors (Lipinski definition) is 1. The molecule has 0 radical (unpaired) electrons. The average molecular weight is 315 g/mol. The van der Waals surface area contributed by atoms with Gasteiger partial charge in [0.05, 0.1) is 14.2 Å². The van der Waals surface area contributed by atoms with Crippen LogP contribution >= 0.6 is 0 Å². The summed E-state index contributed by atoms with van der Waals surface area (Å²) in [6, 6.07) is 5.60. The van der Waals surface area contributed by atoms with Crippen molar-refractivity contribution in [3.8, 4) is 11.5 Å². The third kappa shape index (κ3) is 5.65. The van der Waals surface area contributed by atoms with Crippen molar-refractivity contribution in [2.75, 3.05) is 46.5 Å². The standard InChI is InChI=1S/C15H25NO4S/c1-16-14(11-21(17)9-5-8-18-2)13-10-12(19-3)6-7-15(13)20-4/h6-7,10,14,16H,5,8-9,11H2,1-4H3. The van der Waals surface area contributed by atoms with Gasteiger partial charge in [-0.15, -0.1) is 0 Å². The lowest BCUT2D eigenvalue weighted by Gasteiger charge is -2.20. The van der Waals surface area contributed by atoms with Gasteiger partial charge in [-0.25, -0.2) is 0 Å². The molecule has 0 aromatic heterocycles. The topological polar surface area (TPSA) is 56.8 Å². The molecule has 0 aliphatic rings. The van der Waals surface area contributed by atoms with E-state index in [4.69, 9.17) is 14.2 Å². The Hall–Kier alpha value is -1.11. The van der Waals surface area contributed by atoms with E-state index in [0.29, 0.717) is 18.1 Å². The van der Waals surface area contributed by atoms with Crippen molar-refractivity contribution >= 4 is 10.8 Å². The molecular weight excluding hydrogens is 290 g/mol. The van der Waals surface area contributed by atoms with Crippen LogP contribution in [0, 0.1) is 0 Å². The second-order valence-corrected chi connectivity index (χ2v) is 6.23. The number of rotatable bonds is 10. The Bertz CT molecular complexity index is 453. The number of ether oxygens (including phenoxy) is 3. The molecule has 1 rings (SSSR count). The summed E-state index contributed by atoms with van der Waals surface area (Å²) in [6.45, 7) is 0.637. The first-order valence-electron chi connectivity index (χ1n) is 6.89. The maximum atomic E-state index is 12.2. The minimum atomic E-state index is -0.910. The normalized spacial score (nSPS) is 13.7. The van der Waals surface area contributed by atoms with Crippen molar-refractivity contribution in [3.63, 3.8) is 0 Å². The summed E-state index contributed by atoms with van der Waals surface area (Å²) in [5.74, 6) is 2.70. The molecule has 0 amide bonds. The van der Waals surface area contributed by atoms with Crippen LogP contribution < -0.4 is 14.8 Å². The molecule has 0 saturated carbocycles. The van der Waals surface area contributed by atoms with Crippen molar-refractivity contribution in [2.24, 2.45) is 0 Å². The van der Waals surface area contributed by atoms with E-state index in [9.17, 15) is 4.21 Å². The molecular formula is C15H25NO4S. The Kier molecular flexibility index (Phi) is 8.34. The molecule has 0 heterocycles. The lowest BCUT2D eigenvalue weighted by Crippen LogP contribution is -2.24. The van der Waals surface area contributed by atoms with Crippen molar-refractivity contribution in [1.82, 2.24) is 5.32 Å². The van der Waals surface area contributed by atoms with Gasteiger partial charge < -0.3 is 19.5 Å². The summed E-state index contributed by atoms with van der Waals surface area (Å²) < 4.78 is 27.8. The van der Waals surface area contributed by atoms with Gasteiger partial charge in [0.1, 0.15) is 11.5 Å². The fourth-order valence-corrected chi connectivity index (χ4v) is 3.40. The van der Waals surface area contributed by atoms with Gasteiger partial charge in [0.25, 0.3) is 0 Å². The Balaban J connectivity index is 2.81. The summed E-state index contributed by atoms with van der Waals surface area (Å²) in [5, 5.41) is 3.21. The third-order valence-corrected chi connectivity index (χ3v) is 4.68. The van der Waals surface area contributed by atoms with E-state index in [2.05, 4.69) is 5.32 Å². The van der Waals surface area contributed by atoms with Gasteiger partial charge in [-0.1, -0.05) is 0 Å². The number of nitrogens with one attached hydrogen (secondary N) is 1. The highest BCUT2D eigenvalue weighted by atomic mass is 32.2. The molecule has 0 aliphatic carbocycles. The van der Waals surface area contributed by atoms with E-state index < -0.39 is 10.8 Å². The van der Waals surface area contributed by atoms with Crippen molar-refractivity contribution < 1.29 is 18.4 Å². The van der Waals surface area contributed by atoms with Crippen molar-refractivity contribution in [3.05, 3.63) is 23.8 Å². The van der Waals surface area contributed by atoms with E-state index >= 15 is 0 Å². The maximum Gasteiger partial charge on any atom is 0.123 e. The van der Waals surface area contributed by atoms with Crippen LogP contribution in [0.4, 0.5) is 0 Å². The van der Waals surface area contributed by atoms with Crippen molar-refractivity contribution in [2.45, 2.75) is 12.5 Å². The fraction of sp³-hybridized carbons (Fsp3) is 0.600. The Labute approximate surface area is 129 Å². The highest BCUT2D eigenvalue weighted by Crippen LogP contribution is 2.29.